The zero-order valence-corrected chi connectivity index (χ0v) is 52.5. The van der Waals surface area contributed by atoms with E-state index in [4.69, 9.17) is 15.0 Å². The van der Waals surface area contributed by atoms with Crippen molar-refractivity contribution in [1.82, 2.24) is 79.1 Å². The lowest BCUT2D eigenvalue weighted by Gasteiger charge is -2.42. The van der Waals surface area contributed by atoms with Gasteiger partial charge in [0.05, 0.1) is 89.6 Å². The van der Waals surface area contributed by atoms with Crippen LogP contribution >= 0.6 is 0 Å². The van der Waals surface area contributed by atoms with E-state index < -0.39 is 11.3 Å². The van der Waals surface area contributed by atoms with Crippen molar-refractivity contribution in [1.29, 1.82) is 0 Å². The van der Waals surface area contributed by atoms with E-state index in [-0.39, 0.29) is 0 Å². The number of aromatic nitrogens is 11. The van der Waals surface area contributed by atoms with Crippen molar-refractivity contribution in [3.63, 3.8) is 0 Å². The molecule has 17 rings (SSSR count). The van der Waals surface area contributed by atoms with Crippen LogP contribution in [0.5, 0.6) is 0 Å². The molecule has 5 aliphatic heterocycles. The highest BCUT2D eigenvalue weighted by molar-refractivity contribution is 7.80. The molecule has 1 unspecified atom stereocenters. The second kappa shape index (κ2) is 26.6. The SMILES string of the molecule is CN1CCN(C2CCN(c3cnc4c(-c5ccc(NS(=O)[O-])c6ccccc56)cnn4c3)CC2)CC1.c1ccc2c(-c3cnn4cc(N5CCC(N6CCNCC6)CC5)cnc34)ccnc2c1.c1ccc2c(-c3cnn4cc(N5CCNCC5)cnc34)ccnc2c1. The van der Waals surface area contributed by atoms with E-state index in [2.05, 4.69) is 120 Å². The highest BCUT2D eigenvalue weighted by Crippen LogP contribution is 2.37. The minimum Gasteiger partial charge on any atom is -0.755 e. The molecule has 4 aromatic carbocycles. The molecule has 0 amide bonds. The smallest absolute Gasteiger partial charge is 0.162 e. The molecule has 470 valence electrons. The normalized spacial score (nSPS) is 18.0. The summed E-state index contributed by atoms with van der Waals surface area (Å²) < 4.78 is 30.6. The summed E-state index contributed by atoms with van der Waals surface area (Å²) in [5, 5.41) is 24.7. The number of anilines is 4. The van der Waals surface area contributed by atoms with Crippen LogP contribution in [0.3, 0.4) is 0 Å². The first-order valence-corrected chi connectivity index (χ1v) is 33.3. The average Bonchev–Trinajstić information content (AvgIpc) is 1.62. The van der Waals surface area contributed by atoms with Gasteiger partial charge in [-0.25, -0.2) is 28.5 Å². The van der Waals surface area contributed by atoms with Crippen LogP contribution in [0.1, 0.15) is 25.7 Å². The number of fused-ring (bicyclic) bond motifs is 6. The van der Waals surface area contributed by atoms with Gasteiger partial charge in [0.15, 0.2) is 16.9 Å². The van der Waals surface area contributed by atoms with Gasteiger partial charge in [0.25, 0.3) is 0 Å². The van der Waals surface area contributed by atoms with Gasteiger partial charge in [-0.2, -0.15) is 15.3 Å². The van der Waals surface area contributed by atoms with E-state index in [0.717, 1.165) is 178 Å². The topological polar surface area (TPSA) is 212 Å². The third-order valence-corrected chi connectivity index (χ3v) is 19.6. The largest absolute Gasteiger partial charge is 0.755 e. The maximum atomic E-state index is 11.2. The summed E-state index contributed by atoms with van der Waals surface area (Å²) >= 11 is -2.39. The Morgan fingerprint density at radius 3 is 1.29 bits per heavy atom. The Balaban J connectivity index is 0.000000116. The Hall–Kier alpha value is -9.07. The number of para-hydroxylation sites is 2. The molecule has 23 heteroatoms. The van der Waals surface area contributed by atoms with Crippen LogP contribution in [0.4, 0.5) is 22.7 Å². The van der Waals surface area contributed by atoms with Gasteiger partial charge in [-0.1, -0.05) is 66.7 Å². The second-order valence-electron chi connectivity index (χ2n) is 24.5. The van der Waals surface area contributed by atoms with Gasteiger partial charge in [0, 0.05) is 173 Å². The van der Waals surface area contributed by atoms with E-state index in [1.165, 1.54) is 51.9 Å². The lowest BCUT2D eigenvalue weighted by Crippen LogP contribution is -2.52. The third-order valence-electron chi connectivity index (χ3n) is 19.2. The molecule has 22 nitrogen and oxygen atoms in total. The molecule has 0 saturated carbocycles. The van der Waals surface area contributed by atoms with Crippen LogP contribution in [-0.2, 0) is 11.3 Å². The zero-order valence-electron chi connectivity index (χ0n) is 51.7. The predicted molar refractivity (Wildman–Crippen MR) is 365 cm³/mol. The van der Waals surface area contributed by atoms with Crippen LogP contribution in [0.2, 0.25) is 0 Å². The molecule has 5 aliphatic rings. The molecular weight excluding hydrogens is 1170 g/mol. The van der Waals surface area contributed by atoms with Gasteiger partial charge in [-0.15, -0.1) is 0 Å². The van der Waals surface area contributed by atoms with Crippen molar-refractivity contribution >= 4 is 83.5 Å². The van der Waals surface area contributed by atoms with Crippen molar-refractivity contribution in [3.05, 3.63) is 165 Å². The molecular formula is C69H75N20O2S-. The van der Waals surface area contributed by atoms with Crippen LogP contribution in [0, 0.1) is 0 Å². The number of likely N-dealkylation sites (N-methyl/N-ethyl adjacent to an activating group) is 1. The highest BCUT2D eigenvalue weighted by Gasteiger charge is 2.29. The fraction of sp³-hybridized carbons (Fsp3) is 0.333. The number of nitrogens with zero attached hydrogens (tertiary/aromatic N) is 17. The first-order chi connectivity index (χ1) is 45.3. The van der Waals surface area contributed by atoms with E-state index in [0.29, 0.717) is 17.8 Å². The molecule has 92 heavy (non-hydrogen) atoms. The maximum absolute atomic E-state index is 11.2. The molecule has 8 aromatic heterocycles. The Morgan fingerprint density at radius 1 is 0.424 bits per heavy atom. The average molecular weight is 1250 g/mol. The number of hydrogen-bond acceptors (Lipinski definition) is 18. The minimum absolute atomic E-state index is 0.550. The molecule has 0 spiro atoms. The molecule has 0 bridgehead atoms. The summed E-state index contributed by atoms with van der Waals surface area (Å²) in [6.45, 7) is 17.5. The molecule has 13 heterocycles. The number of hydrogen-bond donors (Lipinski definition) is 3. The van der Waals surface area contributed by atoms with Gasteiger partial charge in [0.1, 0.15) is 0 Å². The van der Waals surface area contributed by atoms with Crippen LogP contribution in [0.25, 0.3) is 82.9 Å². The van der Waals surface area contributed by atoms with E-state index in [1.54, 1.807) is 6.07 Å². The van der Waals surface area contributed by atoms with Crippen LogP contribution < -0.4 is 30.1 Å². The number of rotatable bonds is 10. The lowest BCUT2D eigenvalue weighted by molar-refractivity contribution is 0.0982. The highest BCUT2D eigenvalue weighted by atomic mass is 32.2. The fourth-order valence-corrected chi connectivity index (χ4v) is 14.5. The summed E-state index contributed by atoms with van der Waals surface area (Å²) in [5.41, 5.74) is 14.6. The van der Waals surface area contributed by atoms with Gasteiger partial charge in [-0.05, 0) is 85.1 Å². The molecule has 12 aromatic rings. The Bertz CT molecular complexity index is 4570. The van der Waals surface area contributed by atoms with Crippen molar-refractivity contribution in [3.8, 4) is 33.4 Å². The number of pyridine rings is 2. The Morgan fingerprint density at radius 2 is 0.826 bits per heavy atom. The molecule has 5 saturated heterocycles. The second-order valence-corrected chi connectivity index (χ2v) is 25.2. The standard InChI is InChI=1S/C26H31N7O2S.C24H27N7.C19H18N6/c1-30-12-14-32(15-13-30)19-8-10-31(11-9-19)20-16-27-26-24(17-28-33(26)18-20)22-6-7-25(29-36(34)35)23-5-3-2-4-21(22)23;1-2-4-23-21(3-1)20(5-8-26-23)22-16-28-31-17-19(15-27-24(22)31)29-11-6-18(7-12-29)30-13-9-25-10-14-30;1-2-4-18-16(3-1)15(5-6-21-18)17-12-23-25-13-14(11-22-19(17)25)24-9-7-20-8-10-24/h2-7,16-19,29H,8-15H2,1H3,(H,34,35);1-5,8,15-18,25H,6-7,9-14H2;1-6,11-13,20H,7-10H2/p-1. The third kappa shape index (κ3) is 12.3. The summed E-state index contributed by atoms with van der Waals surface area (Å²) in [7, 11) is 2.21. The summed E-state index contributed by atoms with van der Waals surface area (Å²) in [6, 6.07) is 33.3. The van der Waals surface area contributed by atoms with E-state index in [9.17, 15) is 8.76 Å². The van der Waals surface area contributed by atoms with Crippen molar-refractivity contribution in [2.45, 2.75) is 37.8 Å². The number of piperazine rings is 3. The fourth-order valence-electron chi connectivity index (χ4n) is 14.2. The van der Waals surface area contributed by atoms with Crippen LogP contribution in [0.15, 0.2) is 165 Å². The zero-order chi connectivity index (χ0) is 61.9. The van der Waals surface area contributed by atoms with Crippen molar-refractivity contribution in [2.24, 2.45) is 0 Å². The number of piperidine rings is 2. The van der Waals surface area contributed by atoms with Gasteiger partial charge >= 0.3 is 0 Å². The van der Waals surface area contributed by atoms with Gasteiger partial charge < -0.3 is 39.5 Å². The Labute approximate surface area is 536 Å². The maximum Gasteiger partial charge on any atom is 0.162 e. The molecule has 0 radical (unpaired) electrons. The summed E-state index contributed by atoms with van der Waals surface area (Å²) in [4.78, 5) is 38.2. The van der Waals surface area contributed by atoms with Crippen molar-refractivity contribution < 1.29 is 8.76 Å². The van der Waals surface area contributed by atoms with Gasteiger partial charge in [0.2, 0.25) is 0 Å². The minimum atomic E-state index is -2.39. The summed E-state index contributed by atoms with van der Waals surface area (Å²) in [6.07, 6.45) is 26.3. The first-order valence-electron chi connectivity index (χ1n) is 32.2. The molecule has 5 fully saturated rings. The number of nitrogens with one attached hydrogen (secondary N) is 3. The first kappa shape index (κ1) is 59.2. The predicted octanol–water partition coefficient (Wildman–Crippen LogP) is 8.14. The van der Waals surface area contributed by atoms with Crippen LogP contribution in [-0.4, -0.2) is 201 Å². The Kier molecular flexibility index (Phi) is 17.2. The monoisotopic (exact) mass is 1250 g/mol. The van der Waals surface area contributed by atoms with Gasteiger partial charge in [-0.3, -0.25) is 24.0 Å². The molecule has 3 N–H and O–H groups in total. The van der Waals surface area contributed by atoms with Crippen molar-refractivity contribution in [2.75, 3.05) is 131 Å². The summed E-state index contributed by atoms with van der Waals surface area (Å²) in [5.74, 6) is 0. The van der Waals surface area contributed by atoms with E-state index >= 15 is 0 Å². The lowest BCUT2D eigenvalue weighted by atomic mass is 9.99. The quantitative estimate of drug-likeness (QED) is 0.110. The molecule has 0 aliphatic carbocycles. The number of benzene rings is 4. The van der Waals surface area contributed by atoms with E-state index in [1.807, 2.05) is 130 Å². The molecule has 1 atom stereocenters.